The number of hydrogen-bond donors (Lipinski definition) is 1. The van der Waals surface area contributed by atoms with Gasteiger partial charge in [-0.1, -0.05) is 0 Å². The lowest BCUT2D eigenvalue weighted by Crippen LogP contribution is -2.44. The molecule has 0 saturated carbocycles. The van der Waals surface area contributed by atoms with E-state index in [-0.39, 0.29) is 17.9 Å². The first kappa shape index (κ1) is 18.8. The monoisotopic (exact) mass is 399 g/mol. The molecule has 28 heavy (non-hydrogen) atoms. The van der Waals surface area contributed by atoms with E-state index in [9.17, 15) is 4.79 Å². The van der Waals surface area contributed by atoms with Crippen molar-refractivity contribution in [1.29, 1.82) is 0 Å². The van der Waals surface area contributed by atoms with Gasteiger partial charge in [0.1, 0.15) is 29.6 Å². The van der Waals surface area contributed by atoms with E-state index in [2.05, 4.69) is 44.1 Å². The van der Waals surface area contributed by atoms with E-state index in [4.69, 9.17) is 0 Å². The first-order chi connectivity index (χ1) is 13.5. The van der Waals surface area contributed by atoms with Gasteiger partial charge in [-0.05, 0) is 39.2 Å². The summed E-state index contributed by atoms with van der Waals surface area (Å²) in [4.78, 5) is 30.2. The van der Waals surface area contributed by atoms with E-state index in [0.717, 1.165) is 42.0 Å². The topological polar surface area (TPSA) is 88.8 Å². The fraction of sp³-hybridized carbons (Fsp3) is 0.526. The first-order valence-corrected chi connectivity index (χ1v) is 10.4. The van der Waals surface area contributed by atoms with Crippen LogP contribution in [0.2, 0.25) is 0 Å². The molecule has 1 aliphatic rings. The van der Waals surface area contributed by atoms with E-state index in [1.165, 1.54) is 16.8 Å². The molecule has 0 aromatic carbocycles. The number of aryl methyl sites for hydroxylation is 2. The van der Waals surface area contributed by atoms with Crippen LogP contribution in [0.25, 0.3) is 10.2 Å². The maximum atomic E-state index is 12.7. The number of aromatic nitrogens is 5. The Morgan fingerprint density at radius 2 is 2.07 bits per heavy atom. The summed E-state index contributed by atoms with van der Waals surface area (Å²) in [5, 5.41) is 8.37. The second kappa shape index (κ2) is 7.83. The molecule has 3 aromatic rings. The van der Waals surface area contributed by atoms with Gasteiger partial charge in [0.25, 0.3) is 0 Å². The standard InChI is InChI=1S/C19H25N7OS/c1-12(8-26-11-20-9-23-26)24-18(27)15-4-6-25(7-5-15)17-16-13(2)14(3)28-19(16)22-10-21-17/h9-12,15H,4-8H2,1-3H3,(H,24,27). The summed E-state index contributed by atoms with van der Waals surface area (Å²) in [6.07, 6.45) is 6.48. The highest BCUT2D eigenvalue weighted by atomic mass is 32.1. The van der Waals surface area contributed by atoms with E-state index in [0.29, 0.717) is 6.54 Å². The summed E-state index contributed by atoms with van der Waals surface area (Å²) in [6.45, 7) is 8.54. The van der Waals surface area contributed by atoms with Crippen LogP contribution in [-0.4, -0.2) is 49.8 Å². The summed E-state index contributed by atoms with van der Waals surface area (Å²) in [5.74, 6) is 1.17. The number of anilines is 1. The van der Waals surface area contributed by atoms with Gasteiger partial charge in [0.2, 0.25) is 5.91 Å². The molecular formula is C19H25N7OS. The summed E-state index contributed by atoms with van der Waals surface area (Å²) in [6, 6.07) is 0.0187. The Kier molecular flexibility index (Phi) is 5.25. The van der Waals surface area contributed by atoms with Crippen molar-refractivity contribution in [3.05, 3.63) is 29.4 Å². The van der Waals surface area contributed by atoms with Crippen LogP contribution in [0, 0.1) is 19.8 Å². The van der Waals surface area contributed by atoms with Gasteiger partial charge < -0.3 is 10.2 Å². The number of rotatable bonds is 5. The highest BCUT2D eigenvalue weighted by Crippen LogP contribution is 2.35. The number of carbonyl (C=O) groups excluding carboxylic acids is 1. The lowest BCUT2D eigenvalue weighted by atomic mass is 9.95. The predicted octanol–water partition coefficient (Wildman–Crippen LogP) is 2.32. The second-order valence-corrected chi connectivity index (χ2v) is 8.65. The Morgan fingerprint density at radius 3 is 2.79 bits per heavy atom. The summed E-state index contributed by atoms with van der Waals surface area (Å²) in [7, 11) is 0. The normalized spacial score (nSPS) is 16.5. The average Bonchev–Trinajstić information content (AvgIpc) is 3.30. The van der Waals surface area contributed by atoms with E-state index in [1.54, 1.807) is 28.7 Å². The van der Waals surface area contributed by atoms with Crippen LogP contribution in [0.5, 0.6) is 0 Å². The molecular weight excluding hydrogens is 374 g/mol. The SMILES string of the molecule is Cc1sc2ncnc(N3CCC(C(=O)NC(C)Cn4cncn4)CC3)c2c1C. The summed E-state index contributed by atoms with van der Waals surface area (Å²) >= 11 is 1.72. The van der Waals surface area contributed by atoms with Crippen molar-refractivity contribution < 1.29 is 4.79 Å². The Morgan fingerprint density at radius 1 is 1.29 bits per heavy atom. The maximum absolute atomic E-state index is 12.7. The number of thiophene rings is 1. The number of hydrogen-bond acceptors (Lipinski definition) is 7. The Hall–Kier alpha value is -2.55. The highest BCUT2D eigenvalue weighted by molar-refractivity contribution is 7.18. The summed E-state index contributed by atoms with van der Waals surface area (Å²) in [5.41, 5.74) is 1.26. The molecule has 148 valence electrons. The van der Waals surface area contributed by atoms with Crippen LogP contribution in [0.1, 0.15) is 30.2 Å². The molecule has 0 radical (unpaired) electrons. The quantitative estimate of drug-likeness (QED) is 0.708. The fourth-order valence-corrected chi connectivity index (χ4v) is 4.76. The predicted molar refractivity (Wildman–Crippen MR) is 109 cm³/mol. The molecule has 1 atom stereocenters. The zero-order valence-electron chi connectivity index (χ0n) is 16.4. The van der Waals surface area contributed by atoms with Gasteiger partial charge in [-0.15, -0.1) is 11.3 Å². The molecule has 0 aliphatic carbocycles. The van der Waals surface area contributed by atoms with Gasteiger partial charge >= 0.3 is 0 Å². The van der Waals surface area contributed by atoms with Crippen molar-refractivity contribution >= 4 is 33.3 Å². The van der Waals surface area contributed by atoms with Crippen molar-refractivity contribution in [3.8, 4) is 0 Å². The van der Waals surface area contributed by atoms with Crippen molar-refractivity contribution in [2.24, 2.45) is 5.92 Å². The summed E-state index contributed by atoms with van der Waals surface area (Å²) < 4.78 is 1.74. The number of fused-ring (bicyclic) bond motifs is 1. The van der Waals surface area contributed by atoms with Crippen molar-refractivity contribution in [2.75, 3.05) is 18.0 Å². The third-order valence-corrected chi connectivity index (χ3v) is 6.54. The molecule has 1 unspecified atom stereocenters. The van der Waals surface area contributed by atoms with Gasteiger partial charge in [0.05, 0.1) is 11.9 Å². The van der Waals surface area contributed by atoms with Gasteiger partial charge in [-0.2, -0.15) is 5.10 Å². The molecule has 1 amide bonds. The van der Waals surface area contributed by atoms with Gasteiger partial charge in [0.15, 0.2) is 0 Å². The molecule has 4 heterocycles. The van der Waals surface area contributed by atoms with Crippen LogP contribution < -0.4 is 10.2 Å². The van der Waals surface area contributed by atoms with E-state index >= 15 is 0 Å². The number of nitrogens with zero attached hydrogens (tertiary/aromatic N) is 6. The molecule has 8 nitrogen and oxygen atoms in total. The third-order valence-electron chi connectivity index (χ3n) is 5.43. The Balaban J connectivity index is 1.38. The number of amides is 1. The molecule has 1 saturated heterocycles. The van der Waals surface area contributed by atoms with Crippen LogP contribution in [0.4, 0.5) is 5.82 Å². The van der Waals surface area contributed by atoms with Crippen LogP contribution in [0.15, 0.2) is 19.0 Å². The zero-order valence-corrected chi connectivity index (χ0v) is 17.2. The molecule has 1 aliphatic heterocycles. The molecule has 1 N–H and O–H groups in total. The van der Waals surface area contributed by atoms with Crippen LogP contribution in [0.3, 0.4) is 0 Å². The number of carbonyl (C=O) groups is 1. The molecule has 0 spiro atoms. The number of piperidine rings is 1. The van der Waals surface area contributed by atoms with Gasteiger partial charge in [-0.25, -0.2) is 15.0 Å². The highest BCUT2D eigenvalue weighted by Gasteiger charge is 2.28. The minimum Gasteiger partial charge on any atom is -0.356 e. The smallest absolute Gasteiger partial charge is 0.223 e. The minimum atomic E-state index is 0.0187. The van der Waals surface area contributed by atoms with Crippen LogP contribution in [-0.2, 0) is 11.3 Å². The molecule has 9 heteroatoms. The maximum Gasteiger partial charge on any atom is 0.223 e. The van der Waals surface area contributed by atoms with Crippen molar-refractivity contribution in [3.63, 3.8) is 0 Å². The molecule has 0 bridgehead atoms. The van der Waals surface area contributed by atoms with Crippen LogP contribution >= 0.6 is 11.3 Å². The minimum absolute atomic E-state index is 0.0187. The molecule has 1 fully saturated rings. The zero-order chi connectivity index (χ0) is 19.7. The largest absolute Gasteiger partial charge is 0.356 e. The third kappa shape index (κ3) is 3.71. The second-order valence-electron chi connectivity index (χ2n) is 7.45. The lowest BCUT2D eigenvalue weighted by Gasteiger charge is -2.33. The fourth-order valence-electron chi connectivity index (χ4n) is 3.77. The number of nitrogens with one attached hydrogen (secondary N) is 1. The van der Waals surface area contributed by atoms with E-state index < -0.39 is 0 Å². The average molecular weight is 400 g/mol. The first-order valence-electron chi connectivity index (χ1n) is 9.61. The van der Waals surface area contributed by atoms with Crippen molar-refractivity contribution in [2.45, 2.75) is 46.2 Å². The van der Waals surface area contributed by atoms with Gasteiger partial charge in [0, 0.05) is 29.9 Å². The lowest BCUT2D eigenvalue weighted by molar-refractivity contribution is -0.126. The Labute approximate surface area is 168 Å². The Bertz CT molecular complexity index is 960. The van der Waals surface area contributed by atoms with E-state index in [1.807, 2.05) is 6.92 Å². The molecule has 4 rings (SSSR count). The molecule has 3 aromatic heterocycles. The van der Waals surface area contributed by atoms with Gasteiger partial charge in [-0.3, -0.25) is 9.48 Å². The van der Waals surface area contributed by atoms with Crippen molar-refractivity contribution in [1.82, 2.24) is 30.0 Å².